The summed E-state index contributed by atoms with van der Waals surface area (Å²) in [5, 5.41) is 14.6. The van der Waals surface area contributed by atoms with Crippen molar-refractivity contribution in [1.29, 1.82) is 0 Å². The zero-order chi connectivity index (χ0) is 13.9. The third-order valence-corrected chi connectivity index (χ3v) is 3.50. The molecule has 0 bridgehead atoms. The molecular weight excluding hydrogens is 252 g/mol. The number of carboxylic acids is 1. The van der Waals surface area contributed by atoms with Crippen molar-refractivity contribution >= 4 is 28.3 Å². The number of hydrogen-bond acceptors (Lipinski definition) is 3. The maximum Gasteiger partial charge on any atom is 0.338 e. The van der Waals surface area contributed by atoms with Crippen LogP contribution in [0.3, 0.4) is 0 Å². The molecule has 3 N–H and O–H groups in total. The van der Waals surface area contributed by atoms with E-state index < -0.39 is 12.0 Å². The quantitative estimate of drug-likeness (QED) is 0.735. The fourth-order valence-electron chi connectivity index (χ4n) is 1.35. The van der Waals surface area contributed by atoms with Crippen molar-refractivity contribution in [2.75, 3.05) is 11.9 Å². The summed E-state index contributed by atoms with van der Waals surface area (Å²) < 4.78 is 0. The molecule has 1 aromatic heterocycles. The monoisotopic (exact) mass is 268 g/mol. The highest BCUT2D eigenvalue weighted by molar-refractivity contribution is 7.16. The average Bonchev–Trinajstić information content (AvgIpc) is 2.51. The summed E-state index contributed by atoms with van der Waals surface area (Å²) >= 11 is 1.26. The van der Waals surface area contributed by atoms with Gasteiger partial charge in [-0.1, -0.05) is 12.2 Å². The topological polar surface area (TPSA) is 78.4 Å². The van der Waals surface area contributed by atoms with Crippen molar-refractivity contribution in [3.05, 3.63) is 28.2 Å². The first-order chi connectivity index (χ1) is 8.32. The van der Waals surface area contributed by atoms with E-state index in [1.54, 1.807) is 13.8 Å². The van der Waals surface area contributed by atoms with E-state index in [4.69, 9.17) is 5.11 Å². The summed E-state index contributed by atoms with van der Waals surface area (Å²) in [4.78, 5) is 23.6. The number of aromatic carboxylic acids is 1. The van der Waals surface area contributed by atoms with Crippen LogP contribution in [0.5, 0.6) is 0 Å². The predicted octanol–water partition coefficient (Wildman–Crippen LogP) is 2.76. The van der Waals surface area contributed by atoms with E-state index in [1.165, 1.54) is 11.3 Å². The van der Waals surface area contributed by atoms with Crippen LogP contribution in [0, 0.1) is 13.8 Å². The van der Waals surface area contributed by atoms with Gasteiger partial charge < -0.3 is 10.4 Å². The van der Waals surface area contributed by atoms with Gasteiger partial charge >= 0.3 is 12.0 Å². The molecule has 0 spiro atoms. The zero-order valence-electron chi connectivity index (χ0n) is 10.6. The zero-order valence-corrected chi connectivity index (χ0v) is 11.4. The van der Waals surface area contributed by atoms with Crippen LogP contribution in [0.1, 0.15) is 27.7 Å². The Morgan fingerprint density at radius 1 is 1.39 bits per heavy atom. The molecule has 1 heterocycles. The summed E-state index contributed by atoms with van der Waals surface area (Å²) in [6.07, 6.45) is 0. The van der Waals surface area contributed by atoms with Gasteiger partial charge in [-0.05, 0) is 26.3 Å². The molecular formula is C12H16N2O3S. The number of aryl methyl sites for hydroxylation is 1. The number of nitrogens with one attached hydrogen (secondary N) is 2. The first kappa shape index (κ1) is 14.2. The van der Waals surface area contributed by atoms with E-state index >= 15 is 0 Å². The minimum Gasteiger partial charge on any atom is -0.478 e. The Hall–Kier alpha value is -1.82. The lowest BCUT2D eigenvalue weighted by molar-refractivity contribution is 0.0697. The lowest BCUT2D eigenvalue weighted by Crippen LogP contribution is -2.30. The molecule has 1 aromatic rings. The summed E-state index contributed by atoms with van der Waals surface area (Å²) in [7, 11) is 0. The van der Waals surface area contributed by atoms with Gasteiger partial charge in [0.15, 0.2) is 0 Å². The number of carbonyl (C=O) groups excluding carboxylic acids is 1. The number of rotatable bonds is 4. The Kier molecular flexibility index (Phi) is 4.49. The molecule has 2 amide bonds. The predicted molar refractivity (Wildman–Crippen MR) is 72.6 cm³/mol. The molecule has 0 atom stereocenters. The second-order valence-electron chi connectivity index (χ2n) is 4.06. The first-order valence-electron chi connectivity index (χ1n) is 5.35. The van der Waals surface area contributed by atoms with Gasteiger partial charge in [-0.15, -0.1) is 11.3 Å². The second-order valence-corrected chi connectivity index (χ2v) is 5.28. The Balaban J connectivity index is 2.84. The van der Waals surface area contributed by atoms with Gasteiger partial charge in [0.05, 0.1) is 5.56 Å². The van der Waals surface area contributed by atoms with E-state index in [9.17, 15) is 9.59 Å². The van der Waals surface area contributed by atoms with Gasteiger partial charge in [0, 0.05) is 11.4 Å². The van der Waals surface area contributed by atoms with Gasteiger partial charge in [0.25, 0.3) is 0 Å². The number of thiophene rings is 1. The van der Waals surface area contributed by atoms with Gasteiger partial charge in [-0.25, -0.2) is 9.59 Å². The molecule has 5 nitrogen and oxygen atoms in total. The summed E-state index contributed by atoms with van der Waals surface area (Å²) in [6.45, 7) is 9.37. The van der Waals surface area contributed by atoms with Crippen LogP contribution >= 0.6 is 11.3 Å². The minimum atomic E-state index is -1.04. The lowest BCUT2D eigenvalue weighted by atomic mass is 10.1. The second kappa shape index (κ2) is 5.68. The average molecular weight is 268 g/mol. The standard InChI is InChI=1S/C12H16N2O3S/c1-6(2)5-13-12(17)14-10-9(11(15)16)7(3)8(4)18-10/h1,5H2,2-4H3,(H,15,16)(H2,13,14,17). The van der Waals surface area contributed by atoms with Crippen molar-refractivity contribution in [3.8, 4) is 0 Å². The minimum absolute atomic E-state index is 0.156. The Bertz CT molecular complexity index is 506. The normalized spacial score (nSPS) is 9.94. The number of carboxylic acid groups (broad SMARTS) is 1. The van der Waals surface area contributed by atoms with Crippen molar-refractivity contribution in [2.45, 2.75) is 20.8 Å². The van der Waals surface area contributed by atoms with Crippen LogP contribution in [0.4, 0.5) is 9.80 Å². The Labute approximate surface area is 110 Å². The number of urea groups is 1. The van der Waals surface area contributed by atoms with Gasteiger partial charge in [0.1, 0.15) is 5.00 Å². The van der Waals surface area contributed by atoms with E-state index in [1.807, 2.05) is 6.92 Å². The number of carbonyl (C=O) groups is 2. The molecule has 0 aliphatic carbocycles. The fraction of sp³-hybridized carbons (Fsp3) is 0.333. The third kappa shape index (κ3) is 3.33. The highest BCUT2D eigenvalue weighted by atomic mass is 32.1. The molecule has 6 heteroatoms. The van der Waals surface area contributed by atoms with E-state index in [-0.39, 0.29) is 5.56 Å². The Morgan fingerprint density at radius 3 is 2.50 bits per heavy atom. The largest absolute Gasteiger partial charge is 0.478 e. The van der Waals surface area contributed by atoms with Crippen molar-refractivity contribution in [2.24, 2.45) is 0 Å². The molecule has 0 fully saturated rings. The van der Waals surface area contributed by atoms with Crippen LogP contribution in [0.25, 0.3) is 0 Å². The molecule has 0 unspecified atom stereocenters. The van der Waals surface area contributed by atoms with Crippen LogP contribution < -0.4 is 10.6 Å². The van der Waals surface area contributed by atoms with E-state index in [0.717, 1.165) is 10.5 Å². The number of hydrogen-bond donors (Lipinski definition) is 3. The first-order valence-corrected chi connectivity index (χ1v) is 6.17. The van der Waals surface area contributed by atoms with Gasteiger partial charge in [-0.3, -0.25) is 5.32 Å². The van der Waals surface area contributed by atoms with Crippen LogP contribution in [0.15, 0.2) is 12.2 Å². The SMILES string of the molecule is C=C(C)CNC(=O)Nc1sc(C)c(C)c1C(=O)O. The van der Waals surface area contributed by atoms with Crippen molar-refractivity contribution in [1.82, 2.24) is 5.32 Å². The van der Waals surface area contributed by atoms with Crippen LogP contribution in [-0.4, -0.2) is 23.7 Å². The van der Waals surface area contributed by atoms with Crippen molar-refractivity contribution in [3.63, 3.8) is 0 Å². The molecule has 0 aliphatic heterocycles. The molecule has 0 saturated carbocycles. The number of anilines is 1. The highest BCUT2D eigenvalue weighted by Crippen LogP contribution is 2.32. The van der Waals surface area contributed by atoms with Gasteiger partial charge in [-0.2, -0.15) is 0 Å². The van der Waals surface area contributed by atoms with Crippen LogP contribution in [0.2, 0.25) is 0 Å². The Morgan fingerprint density at radius 2 is 2.00 bits per heavy atom. The van der Waals surface area contributed by atoms with E-state index in [2.05, 4.69) is 17.2 Å². The number of amides is 2. The highest BCUT2D eigenvalue weighted by Gasteiger charge is 2.19. The molecule has 1 rings (SSSR count). The van der Waals surface area contributed by atoms with Crippen molar-refractivity contribution < 1.29 is 14.7 Å². The molecule has 18 heavy (non-hydrogen) atoms. The van der Waals surface area contributed by atoms with E-state index in [0.29, 0.717) is 17.1 Å². The third-order valence-electron chi connectivity index (χ3n) is 2.38. The fourth-order valence-corrected chi connectivity index (χ4v) is 2.40. The molecule has 0 aromatic carbocycles. The summed E-state index contributed by atoms with van der Waals surface area (Å²) in [5.41, 5.74) is 1.66. The molecule has 0 aliphatic rings. The maximum absolute atomic E-state index is 11.6. The summed E-state index contributed by atoms with van der Waals surface area (Å²) in [5.74, 6) is -1.04. The van der Waals surface area contributed by atoms with Gasteiger partial charge in [0.2, 0.25) is 0 Å². The summed E-state index contributed by atoms with van der Waals surface area (Å²) in [6, 6.07) is -0.429. The molecule has 0 saturated heterocycles. The lowest BCUT2D eigenvalue weighted by Gasteiger charge is -2.06. The molecule has 0 radical (unpaired) electrons. The van der Waals surface area contributed by atoms with Crippen LogP contribution in [-0.2, 0) is 0 Å². The molecule has 98 valence electrons. The smallest absolute Gasteiger partial charge is 0.338 e. The maximum atomic E-state index is 11.6.